The summed E-state index contributed by atoms with van der Waals surface area (Å²) in [6, 6.07) is 11.7. The van der Waals surface area contributed by atoms with Crippen molar-refractivity contribution in [3.63, 3.8) is 0 Å². The van der Waals surface area contributed by atoms with E-state index in [-0.39, 0.29) is 17.4 Å². The summed E-state index contributed by atoms with van der Waals surface area (Å²) >= 11 is 1.27. The summed E-state index contributed by atoms with van der Waals surface area (Å²) in [6.45, 7) is 5.87. The van der Waals surface area contributed by atoms with E-state index in [9.17, 15) is 14.9 Å². The minimum atomic E-state index is -0.539. The predicted octanol–water partition coefficient (Wildman–Crippen LogP) is 5.01. The van der Waals surface area contributed by atoms with Crippen LogP contribution in [0.2, 0.25) is 0 Å². The summed E-state index contributed by atoms with van der Waals surface area (Å²) in [5, 5.41) is 16.8. The Morgan fingerprint density at radius 1 is 1.22 bits per heavy atom. The van der Waals surface area contributed by atoms with Crippen LogP contribution in [0, 0.1) is 32.1 Å². The molecule has 1 aliphatic heterocycles. The first kappa shape index (κ1) is 22.0. The van der Waals surface area contributed by atoms with E-state index in [1.807, 2.05) is 51.1 Å². The highest BCUT2D eigenvalue weighted by molar-refractivity contribution is 8.03. The van der Waals surface area contributed by atoms with Gasteiger partial charge in [0.15, 0.2) is 5.78 Å². The summed E-state index contributed by atoms with van der Waals surface area (Å²) in [6.07, 6.45) is 1.97. The number of nitrogens with one attached hydrogen (secondary N) is 2. The quantitative estimate of drug-likeness (QED) is 0.669. The van der Waals surface area contributed by atoms with Crippen LogP contribution in [0.4, 0.5) is 5.69 Å². The van der Waals surface area contributed by atoms with Crippen LogP contribution in [0.5, 0.6) is 0 Å². The zero-order chi connectivity index (χ0) is 22.8. The second-order valence-electron chi connectivity index (χ2n) is 8.17. The highest BCUT2D eigenvalue weighted by Crippen LogP contribution is 2.44. The summed E-state index contributed by atoms with van der Waals surface area (Å²) < 4.78 is 5.84. The van der Waals surface area contributed by atoms with Gasteiger partial charge in [-0.1, -0.05) is 17.8 Å². The molecule has 0 saturated heterocycles. The first-order valence-corrected chi connectivity index (χ1v) is 11.6. The number of furan rings is 1. The normalized spacial score (nSPS) is 18.2. The molecule has 2 N–H and O–H groups in total. The van der Waals surface area contributed by atoms with Crippen molar-refractivity contribution < 1.29 is 14.0 Å². The van der Waals surface area contributed by atoms with Crippen LogP contribution in [-0.2, 0) is 9.59 Å². The molecule has 1 aliphatic carbocycles. The molecule has 0 unspecified atom stereocenters. The smallest absolute Gasteiger partial charge is 0.234 e. The average molecular weight is 448 g/mol. The molecule has 1 aromatic carbocycles. The summed E-state index contributed by atoms with van der Waals surface area (Å²) in [4.78, 5) is 25.4. The number of carbonyl (C=O) groups excluding carboxylic acids is 2. The van der Waals surface area contributed by atoms with E-state index >= 15 is 0 Å². The first-order valence-electron chi connectivity index (χ1n) is 10.6. The second-order valence-corrected chi connectivity index (χ2v) is 9.15. The molecule has 32 heavy (non-hydrogen) atoms. The predicted molar refractivity (Wildman–Crippen MR) is 125 cm³/mol. The number of dihydropyridines is 1. The molecule has 1 atom stereocenters. The van der Waals surface area contributed by atoms with Crippen LogP contribution >= 0.6 is 11.8 Å². The zero-order valence-electron chi connectivity index (χ0n) is 18.4. The Balaban J connectivity index is 1.58. The molecule has 2 heterocycles. The van der Waals surface area contributed by atoms with E-state index in [1.54, 1.807) is 0 Å². The topological polar surface area (TPSA) is 95.1 Å². The number of Topliss-reactive ketones (excluding diaryl/α,β-unsaturated/α-hetero) is 1. The molecule has 0 fully saturated rings. The highest BCUT2D eigenvalue weighted by atomic mass is 32.2. The fourth-order valence-corrected chi connectivity index (χ4v) is 4.95. The van der Waals surface area contributed by atoms with E-state index in [0.29, 0.717) is 28.4 Å². The highest BCUT2D eigenvalue weighted by Gasteiger charge is 2.38. The maximum atomic E-state index is 12.8. The molecule has 1 aromatic heterocycles. The average Bonchev–Trinajstić information content (AvgIpc) is 3.20. The molecule has 164 valence electrons. The second kappa shape index (κ2) is 9.09. The third-order valence-electron chi connectivity index (χ3n) is 5.85. The zero-order valence-corrected chi connectivity index (χ0v) is 19.2. The third-order valence-corrected chi connectivity index (χ3v) is 6.86. The van der Waals surface area contributed by atoms with E-state index in [4.69, 9.17) is 4.42 Å². The molecule has 1 amide bonds. The van der Waals surface area contributed by atoms with Gasteiger partial charge in [0.2, 0.25) is 5.91 Å². The van der Waals surface area contributed by atoms with Crippen molar-refractivity contribution in [2.24, 2.45) is 0 Å². The van der Waals surface area contributed by atoms with Crippen LogP contribution in [0.15, 0.2) is 56.6 Å². The number of hydrogen-bond acceptors (Lipinski definition) is 6. The number of allylic oxidation sites excluding steroid dienone is 3. The number of thioether (sulfide) groups is 1. The largest absolute Gasteiger partial charge is 0.465 e. The molecule has 0 bridgehead atoms. The van der Waals surface area contributed by atoms with Crippen molar-refractivity contribution in [1.82, 2.24) is 5.32 Å². The molecule has 4 rings (SSSR count). The van der Waals surface area contributed by atoms with Gasteiger partial charge in [0.1, 0.15) is 11.5 Å². The van der Waals surface area contributed by atoms with Crippen LogP contribution in [0.3, 0.4) is 0 Å². The molecule has 7 heteroatoms. The summed E-state index contributed by atoms with van der Waals surface area (Å²) in [7, 11) is 0. The fourth-order valence-electron chi connectivity index (χ4n) is 4.08. The minimum absolute atomic E-state index is 0.0436. The number of carbonyl (C=O) groups is 2. The van der Waals surface area contributed by atoms with Gasteiger partial charge in [-0.05, 0) is 69.0 Å². The Morgan fingerprint density at radius 3 is 2.72 bits per heavy atom. The maximum absolute atomic E-state index is 12.8. The van der Waals surface area contributed by atoms with Gasteiger partial charge < -0.3 is 15.1 Å². The molecule has 6 nitrogen and oxygen atoms in total. The van der Waals surface area contributed by atoms with E-state index < -0.39 is 5.92 Å². The number of nitriles is 1. The summed E-state index contributed by atoms with van der Waals surface area (Å²) in [5.74, 6) is 0.796. The van der Waals surface area contributed by atoms with Crippen molar-refractivity contribution in [3.05, 3.63) is 74.9 Å². The van der Waals surface area contributed by atoms with Crippen LogP contribution < -0.4 is 10.6 Å². The summed E-state index contributed by atoms with van der Waals surface area (Å²) in [5.41, 5.74) is 4.88. The lowest BCUT2D eigenvalue weighted by molar-refractivity contribution is -0.116. The number of benzene rings is 1. The van der Waals surface area contributed by atoms with Crippen molar-refractivity contribution in [2.75, 3.05) is 11.1 Å². The van der Waals surface area contributed by atoms with Gasteiger partial charge in [-0.2, -0.15) is 5.26 Å². The lowest BCUT2D eigenvalue weighted by Crippen LogP contribution is -2.31. The van der Waals surface area contributed by atoms with Gasteiger partial charge in [-0.3, -0.25) is 9.59 Å². The van der Waals surface area contributed by atoms with Crippen LogP contribution in [-0.4, -0.2) is 17.4 Å². The standard InChI is InChI=1S/C25H25N3O3S/c1-14-7-9-17(11-15(14)2)27-22(30)13-32-25-18(12-26)23(21-10-8-16(3)31-21)24-19(28-25)5-4-6-20(24)29/h7-11,23,28H,4-6,13H2,1-3H3,(H,27,30)/t23-/m0/s1. The lowest BCUT2D eigenvalue weighted by Gasteiger charge is -2.32. The van der Waals surface area contributed by atoms with E-state index in [0.717, 1.165) is 41.1 Å². The Hall–Kier alpha value is -3.24. The monoisotopic (exact) mass is 447 g/mol. The van der Waals surface area contributed by atoms with Crippen LogP contribution in [0.25, 0.3) is 0 Å². The molecule has 0 radical (unpaired) electrons. The van der Waals surface area contributed by atoms with E-state index in [1.165, 1.54) is 11.8 Å². The van der Waals surface area contributed by atoms with Gasteiger partial charge in [0.05, 0.1) is 28.3 Å². The number of hydrogen-bond donors (Lipinski definition) is 2. The molecular formula is C25H25N3O3S. The number of ketones is 1. The lowest BCUT2D eigenvalue weighted by atomic mass is 9.79. The number of rotatable bonds is 5. The number of nitrogens with zero attached hydrogens (tertiary/aromatic N) is 1. The van der Waals surface area contributed by atoms with Crippen molar-refractivity contribution in [2.45, 2.75) is 46.0 Å². The Labute approximate surface area is 191 Å². The maximum Gasteiger partial charge on any atom is 0.234 e. The van der Waals surface area contributed by atoms with Crippen LogP contribution in [0.1, 0.15) is 47.8 Å². The number of amides is 1. The number of aryl methyl sites for hydroxylation is 3. The minimum Gasteiger partial charge on any atom is -0.465 e. The van der Waals surface area contributed by atoms with Gasteiger partial charge in [0, 0.05) is 23.4 Å². The fraction of sp³-hybridized carbons (Fsp3) is 0.320. The Kier molecular flexibility index (Phi) is 6.24. The molecule has 2 aliphatic rings. The Bertz CT molecular complexity index is 1200. The van der Waals surface area contributed by atoms with Gasteiger partial charge in [-0.15, -0.1) is 0 Å². The molecular weight excluding hydrogens is 422 g/mol. The van der Waals surface area contributed by atoms with Gasteiger partial charge >= 0.3 is 0 Å². The molecule has 0 spiro atoms. The first-order chi connectivity index (χ1) is 15.4. The van der Waals surface area contributed by atoms with Gasteiger partial charge in [-0.25, -0.2) is 0 Å². The van der Waals surface area contributed by atoms with E-state index in [2.05, 4.69) is 16.7 Å². The van der Waals surface area contributed by atoms with Crippen molar-refractivity contribution in [1.29, 1.82) is 5.26 Å². The SMILES string of the molecule is Cc1ccc([C@@H]2C(C#N)=C(SCC(=O)Nc3ccc(C)c(C)c3)NC3=C2C(=O)CCC3)o1. The molecule has 0 saturated carbocycles. The molecule has 2 aromatic rings. The van der Waals surface area contributed by atoms with Crippen molar-refractivity contribution in [3.8, 4) is 6.07 Å². The van der Waals surface area contributed by atoms with Gasteiger partial charge in [0.25, 0.3) is 0 Å². The van der Waals surface area contributed by atoms with Crippen molar-refractivity contribution >= 4 is 29.1 Å². The third kappa shape index (κ3) is 4.37. The Morgan fingerprint density at radius 2 is 2.03 bits per heavy atom. The number of anilines is 1.